The first kappa shape index (κ1) is 62.5. The molecule has 0 aliphatic heterocycles. The summed E-state index contributed by atoms with van der Waals surface area (Å²) in [4.78, 5) is 46.2. The van der Waals surface area contributed by atoms with Crippen molar-refractivity contribution in [1.29, 1.82) is 0 Å². The Balaban J connectivity index is 4.15. The highest BCUT2D eigenvalue weighted by molar-refractivity contribution is 7.47. The first-order chi connectivity index (χ1) is 31.1. The SMILES string of the molecule is CCCCCCCCCCCCCCCCCCCCCCCC(=O)OC[C@H](COP(=O)(O)OC[C@H](N)C(=O)O)OC(=O)CCCCCCCCCCCCCCCCCCCCC. The van der Waals surface area contributed by atoms with E-state index in [1.54, 1.807) is 0 Å². The lowest BCUT2D eigenvalue weighted by Gasteiger charge is -2.20. The van der Waals surface area contributed by atoms with Crippen molar-refractivity contribution in [2.45, 2.75) is 296 Å². The summed E-state index contributed by atoms with van der Waals surface area (Å²) in [5.41, 5.74) is 5.36. The van der Waals surface area contributed by atoms with E-state index in [1.165, 1.54) is 205 Å². The van der Waals surface area contributed by atoms with Gasteiger partial charge in [-0.25, -0.2) is 4.57 Å². The van der Waals surface area contributed by atoms with Crippen LogP contribution in [0.3, 0.4) is 0 Å². The van der Waals surface area contributed by atoms with Crippen LogP contribution in [0.15, 0.2) is 0 Å². The lowest BCUT2D eigenvalue weighted by molar-refractivity contribution is -0.161. The van der Waals surface area contributed by atoms with Crippen molar-refractivity contribution < 1.29 is 47.5 Å². The number of nitrogens with two attached hydrogens (primary N) is 1. The van der Waals surface area contributed by atoms with E-state index in [0.717, 1.165) is 38.5 Å². The first-order valence-corrected chi connectivity index (χ1v) is 28.6. The van der Waals surface area contributed by atoms with E-state index in [1.807, 2.05) is 0 Å². The zero-order chi connectivity index (χ0) is 47.0. The van der Waals surface area contributed by atoms with Crippen LogP contribution in [0.2, 0.25) is 0 Å². The molecule has 12 heteroatoms. The number of phosphoric acid groups is 1. The molecule has 0 amide bonds. The summed E-state index contributed by atoms with van der Waals surface area (Å²) in [6.45, 7) is 2.88. The third-order valence-electron chi connectivity index (χ3n) is 12.4. The molecule has 11 nitrogen and oxygen atoms in total. The average Bonchev–Trinajstić information content (AvgIpc) is 3.27. The molecule has 0 heterocycles. The highest BCUT2D eigenvalue weighted by Gasteiger charge is 2.28. The van der Waals surface area contributed by atoms with E-state index < -0.39 is 51.1 Å². The molecule has 0 saturated heterocycles. The van der Waals surface area contributed by atoms with E-state index in [2.05, 4.69) is 13.8 Å². The molecular weight excluding hydrogens is 830 g/mol. The zero-order valence-electron chi connectivity index (χ0n) is 41.7. The standard InChI is InChI=1S/C52H102NO10P/c1-3-5-7-9-11-13-15-17-19-21-23-24-26-27-29-31-33-35-37-39-41-43-50(54)60-45-48(46-61-64(58,59)62-47-49(53)52(56)57)63-51(55)44-42-40-38-36-34-32-30-28-25-22-20-18-16-14-12-10-8-6-4-2/h48-49H,3-47,53H2,1-2H3,(H,56,57)(H,58,59)/t48-,49+/m1/s1. The smallest absolute Gasteiger partial charge is 0.472 e. The second-order valence-electron chi connectivity index (χ2n) is 18.7. The Kier molecular flexibility index (Phi) is 46.8. The van der Waals surface area contributed by atoms with Crippen LogP contribution in [0.1, 0.15) is 284 Å². The summed E-state index contributed by atoms with van der Waals surface area (Å²) < 4.78 is 32.9. The van der Waals surface area contributed by atoms with Gasteiger partial charge in [-0.1, -0.05) is 258 Å². The van der Waals surface area contributed by atoms with Crippen molar-refractivity contribution in [3.05, 3.63) is 0 Å². The maximum absolute atomic E-state index is 12.7. The van der Waals surface area contributed by atoms with Crippen molar-refractivity contribution in [1.82, 2.24) is 0 Å². The zero-order valence-corrected chi connectivity index (χ0v) is 42.6. The highest BCUT2D eigenvalue weighted by Crippen LogP contribution is 2.43. The van der Waals surface area contributed by atoms with Gasteiger partial charge in [-0.2, -0.15) is 0 Å². The van der Waals surface area contributed by atoms with Gasteiger partial charge in [0.15, 0.2) is 6.10 Å². The number of phosphoric ester groups is 1. The molecule has 64 heavy (non-hydrogen) atoms. The van der Waals surface area contributed by atoms with E-state index in [4.69, 9.17) is 29.4 Å². The number of carboxylic acid groups (broad SMARTS) is 1. The summed E-state index contributed by atoms with van der Waals surface area (Å²) in [5, 5.41) is 8.93. The molecule has 0 rings (SSSR count). The van der Waals surface area contributed by atoms with Gasteiger partial charge in [-0.05, 0) is 12.8 Å². The van der Waals surface area contributed by atoms with Crippen LogP contribution in [-0.2, 0) is 37.5 Å². The molecule has 0 spiro atoms. The minimum absolute atomic E-state index is 0.170. The quantitative estimate of drug-likeness (QED) is 0.0301. The monoisotopic (exact) mass is 932 g/mol. The van der Waals surface area contributed by atoms with Gasteiger partial charge in [0.1, 0.15) is 12.6 Å². The predicted molar refractivity (Wildman–Crippen MR) is 263 cm³/mol. The molecule has 1 unspecified atom stereocenters. The Morgan fingerprint density at radius 2 is 0.688 bits per heavy atom. The number of carbonyl (C=O) groups excluding carboxylic acids is 2. The molecule has 0 bridgehead atoms. The van der Waals surface area contributed by atoms with E-state index >= 15 is 0 Å². The Morgan fingerprint density at radius 1 is 0.422 bits per heavy atom. The van der Waals surface area contributed by atoms with Gasteiger partial charge in [0.2, 0.25) is 0 Å². The Hall–Kier alpha value is -1.52. The van der Waals surface area contributed by atoms with Crippen LogP contribution >= 0.6 is 7.82 Å². The van der Waals surface area contributed by atoms with Gasteiger partial charge in [-0.15, -0.1) is 0 Å². The van der Waals surface area contributed by atoms with Crippen molar-refractivity contribution in [2.24, 2.45) is 5.73 Å². The minimum atomic E-state index is -4.72. The van der Waals surface area contributed by atoms with Gasteiger partial charge >= 0.3 is 25.7 Å². The molecular formula is C52H102NO10P. The molecule has 0 fully saturated rings. The molecule has 0 radical (unpaired) electrons. The number of unbranched alkanes of at least 4 members (excludes halogenated alkanes) is 38. The lowest BCUT2D eigenvalue weighted by Crippen LogP contribution is -2.34. The van der Waals surface area contributed by atoms with Crippen LogP contribution < -0.4 is 5.73 Å². The normalized spacial score (nSPS) is 13.4. The number of ether oxygens (including phenoxy) is 2. The number of carboxylic acids is 1. The van der Waals surface area contributed by atoms with Crippen LogP contribution in [0, 0.1) is 0 Å². The third-order valence-corrected chi connectivity index (χ3v) is 13.3. The van der Waals surface area contributed by atoms with E-state index in [-0.39, 0.29) is 19.4 Å². The fraction of sp³-hybridized carbons (Fsp3) is 0.942. The third kappa shape index (κ3) is 47.0. The van der Waals surface area contributed by atoms with Gasteiger partial charge in [-0.3, -0.25) is 23.4 Å². The Labute approximate surface area is 393 Å². The Bertz CT molecular complexity index is 1090. The summed E-state index contributed by atoms with van der Waals surface area (Å²) in [7, 11) is -4.72. The second kappa shape index (κ2) is 48.0. The second-order valence-corrected chi connectivity index (χ2v) is 20.2. The fourth-order valence-corrected chi connectivity index (χ4v) is 8.91. The molecule has 0 aliphatic rings. The van der Waals surface area contributed by atoms with Gasteiger partial charge in [0, 0.05) is 12.8 Å². The summed E-state index contributed by atoms with van der Waals surface area (Å²) in [5.74, 6) is -2.35. The van der Waals surface area contributed by atoms with Gasteiger partial charge in [0.05, 0.1) is 13.2 Å². The van der Waals surface area contributed by atoms with Crippen molar-refractivity contribution in [3.8, 4) is 0 Å². The molecule has 0 aliphatic carbocycles. The van der Waals surface area contributed by atoms with Crippen molar-refractivity contribution >= 4 is 25.7 Å². The molecule has 0 aromatic heterocycles. The summed E-state index contributed by atoms with van der Waals surface area (Å²) >= 11 is 0. The Morgan fingerprint density at radius 3 is 0.984 bits per heavy atom. The van der Waals surface area contributed by atoms with Crippen LogP contribution in [0.5, 0.6) is 0 Å². The van der Waals surface area contributed by atoms with Crippen LogP contribution in [-0.4, -0.2) is 59.9 Å². The number of carbonyl (C=O) groups is 3. The average molecular weight is 932 g/mol. The topological polar surface area (TPSA) is 172 Å². The molecule has 0 aromatic rings. The van der Waals surface area contributed by atoms with Crippen LogP contribution in [0.4, 0.5) is 0 Å². The molecule has 380 valence electrons. The minimum Gasteiger partial charge on any atom is -0.480 e. The number of hydrogen-bond donors (Lipinski definition) is 3. The maximum Gasteiger partial charge on any atom is 0.472 e. The van der Waals surface area contributed by atoms with Crippen molar-refractivity contribution in [3.63, 3.8) is 0 Å². The number of hydrogen-bond acceptors (Lipinski definition) is 9. The van der Waals surface area contributed by atoms with Crippen LogP contribution in [0.25, 0.3) is 0 Å². The summed E-state index contributed by atoms with van der Waals surface area (Å²) in [6, 6.07) is -1.52. The molecule has 0 aromatic carbocycles. The number of esters is 2. The van der Waals surface area contributed by atoms with Gasteiger partial charge < -0.3 is 25.2 Å². The number of rotatable bonds is 52. The maximum atomic E-state index is 12.7. The van der Waals surface area contributed by atoms with Crippen molar-refractivity contribution in [2.75, 3.05) is 19.8 Å². The van der Waals surface area contributed by atoms with Gasteiger partial charge in [0.25, 0.3) is 0 Å². The predicted octanol–water partition coefficient (Wildman–Crippen LogP) is 15.4. The lowest BCUT2D eigenvalue weighted by atomic mass is 10.0. The molecule has 0 saturated carbocycles. The largest absolute Gasteiger partial charge is 0.480 e. The molecule has 3 atom stereocenters. The molecule has 4 N–H and O–H groups in total. The number of aliphatic carboxylic acids is 1. The first-order valence-electron chi connectivity index (χ1n) is 27.1. The summed E-state index contributed by atoms with van der Waals surface area (Å²) in [6.07, 6.45) is 50.2. The highest BCUT2D eigenvalue weighted by atomic mass is 31.2. The van der Waals surface area contributed by atoms with E-state index in [0.29, 0.717) is 12.8 Å². The van der Waals surface area contributed by atoms with E-state index in [9.17, 15) is 23.8 Å². The fourth-order valence-electron chi connectivity index (χ4n) is 8.13.